The molecule has 3 amide bonds. The van der Waals surface area contributed by atoms with Gasteiger partial charge in [0.2, 0.25) is 17.7 Å². The fourth-order valence-electron chi connectivity index (χ4n) is 4.95. The zero-order valence-electron chi connectivity index (χ0n) is 29.6. The second-order valence-electron chi connectivity index (χ2n) is 12.4. The Hall–Kier alpha value is -5.05. The summed E-state index contributed by atoms with van der Waals surface area (Å²) < 4.78 is 17.3. The zero-order valence-corrected chi connectivity index (χ0v) is 29.6. The number of ether oxygens (including phenoxy) is 3. The van der Waals surface area contributed by atoms with E-state index >= 15 is 0 Å². The van der Waals surface area contributed by atoms with Gasteiger partial charge >= 0.3 is 0 Å². The normalized spacial score (nSPS) is 11.0. The number of aryl methyl sites for hydroxylation is 1. The highest BCUT2D eigenvalue weighted by Crippen LogP contribution is 2.25. The highest BCUT2D eigenvalue weighted by molar-refractivity contribution is 5.76. The highest BCUT2D eigenvalue weighted by Gasteiger charge is 2.13. The molecule has 3 rings (SSSR count). The number of phenolic OH excluding ortho intramolecular Hbond substituents is 5. The zero-order chi connectivity index (χ0) is 37.7. The Morgan fingerprint density at radius 2 is 0.865 bits per heavy atom. The van der Waals surface area contributed by atoms with E-state index in [0.29, 0.717) is 38.9 Å². The summed E-state index contributed by atoms with van der Waals surface area (Å²) >= 11 is 0. The largest absolute Gasteiger partial charge is 0.508 e. The van der Waals surface area contributed by atoms with Crippen molar-refractivity contribution in [2.45, 2.75) is 45.4 Å². The lowest BCUT2D eigenvalue weighted by Crippen LogP contribution is -2.29. The number of rotatable bonds is 24. The SMILES string of the molecule is Cc1ccc(CCNC(=O)CCOCC(COCCC(=O)NCCc2ccc(O)c(O)c2)COCCC(=O)NCCc2ccc(O)c(O)c2)cc1O. The molecule has 8 N–H and O–H groups in total. The molecule has 0 saturated carbocycles. The Bertz CT molecular complexity index is 1400. The molecule has 3 aromatic rings. The van der Waals surface area contributed by atoms with Crippen molar-refractivity contribution in [2.75, 3.05) is 59.3 Å². The topological polar surface area (TPSA) is 216 Å². The van der Waals surface area contributed by atoms with Gasteiger partial charge < -0.3 is 55.7 Å². The maximum absolute atomic E-state index is 12.3. The van der Waals surface area contributed by atoms with Gasteiger partial charge in [-0.05, 0) is 78.8 Å². The minimum atomic E-state index is -0.229. The number of nitrogens with one attached hydrogen (secondary N) is 3. The summed E-state index contributed by atoms with van der Waals surface area (Å²) in [4.78, 5) is 36.9. The molecule has 0 radical (unpaired) electrons. The Morgan fingerprint density at radius 1 is 0.519 bits per heavy atom. The molecule has 284 valence electrons. The first-order chi connectivity index (χ1) is 25.0. The molecular formula is C38H51N3O11. The fraction of sp³-hybridized carbons (Fsp3) is 0.447. The van der Waals surface area contributed by atoms with E-state index in [-0.39, 0.29) is 111 Å². The minimum Gasteiger partial charge on any atom is -0.508 e. The summed E-state index contributed by atoms with van der Waals surface area (Å²) in [6, 6.07) is 14.4. The Kier molecular flexibility index (Phi) is 18.1. The summed E-state index contributed by atoms with van der Waals surface area (Å²) in [5.74, 6) is -1.42. The molecule has 0 aliphatic carbocycles. The van der Waals surface area contributed by atoms with Crippen molar-refractivity contribution in [3.8, 4) is 28.7 Å². The molecule has 0 heterocycles. The van der Waals surface area contributed by atoms with E-state index < -0.39 is 0 Å². The van der Waals surface area contributed by atoms with Gasteiger partial charge in [-0.15, -0.1) is 0 Å². The molecule has 0 aliphatic heterocycles. The molecule has 0 aliphatic rings. The maximum atomic E-state index is 12.3. The number of phenols is 5. The van der Waals surface area contributed by atoms with Crippen LogP contribution in [-0.2, 0) is 47.9 Å². The molecular weight excluding hydrogens is 674 g/mol. The maximum Gasteiger partial charge on any atom is 0.222 e. The predicted molar refractivity (Wildman–Crippen MR) is 192 cm³/mol. The number of hydrogen-bond acceptors (Lipinski definition) is 11. The number of aromatic hydroxyl groups is 5. The molecule has 0 unspecified atom stereocenters. The Labute approximate surface area is 303 Å². The molecule has 0 atom stereocenters. The lowest BCUT2D eigenvalue weighted by Gasteiger charge is -2.18. The van der Waals surface area contributed by atoms with E-state index in [0.717, 1.165) is 22.3 Å². The predicted octanol–water partition coefficient (Wildman–Crippen LogP) is 2.74. The first kappa shape index (κ1) is 41.4. The average molecular weight is 726 g/mol. The van der Waals surface area contributed by atoms with Crippen LogP contribution in [0.15, 0.2) is 54.6 Å². The monoisotopic (exact) mass is 725 g/mol. The van der Waals surface area contributed by atoms with E-state index in [1.807, 2.05) is 19.1 Å². The van der Waals surface area contributed by atoms with Gasteiger partial charge in [0, 0.05) is 44.8 Å². The van der Waals surface area contributed by atoms with Crippen LogP contribution in [0.2, 0.25) is 0 Å². The number of carbonyl (C=O) groups is 3. The van der Waals surface area contributed by atoms with Gasteiger partial charge in [0.25, 0.3) is 0 Å². The van der Waals surface area contributed by atoms with Crippen LogP contribution >= 0.6 is 0 Å². The van der Waals surface area contributed by atoms with Crippen LogP contribution in [0.1, 0.15) is 41.5 Å². The Morgan fingerprint density at radius 3 is 1.21 bits per heavy atom. The van der Waals surface area contributed by atoms with Crippen LogP contribution in [0.5, 0.6) is 28.7 Å². The third-order valence-electron chi connectivity index (χ3n) is 8.04. The third-order valence-corrected chi connectivity index (χ3v) is 8.04. The molecule has 0 saturated heterocycles. The fourth-order valence-corrected chi connectivity index (χ4v) is 4.95. The number of carbonyl (C=O) groups excluding carboxylic acids is 3. The molecule has 0 bridgehead atoms. The van der Waals surface area contributed by atoms with Crippen molar-refractivity contribution < 1.29 is 54.1 Å². The summed E-state index contributed by atoms with van der Waals surface area (Å²) in [6.07, 6.45) is 1.95. The van der Waals surface area contributed by atoms with Crippen molar-refractivity contribution in [2.24, 2.45) is 5.92 Å². The van der Waals surface area contributed by atoms with Gasteiger partial charge in [-0.3, -0.25) is 14.4 Å². The smallest absolute Gasteiger partial charge is 0.222 e. The van der Waals surface area contributed by atoms with Gasteiger partial charge in [0.1, 0.15) is 5.75 Å². The lowest BCUT2D eigenvalue weighted by atomic mass is 10.1. The van der Waals surface area contributed by atoms with E-state index in [1.165, 1.54) is 24.3 Å². The van der Waals surface area contributed by atoms with Gasteiger partial charge in [-0.1, -0.05) is 24.3 Å². The molecule has 0 spiro atoms. The molecule has 0 fully saturated rings. The van der Waals surface area contributed by atoms with E-state index in [1.54, 1.807) is 18.2 Å². The second-order valence-corrected chi connectivity index (χ2v) is 12.4. The molecule has 14 heteroatoms. The average Bonchev–Trinajstić information content (AvgIpc) is 3.11. The van der Waals surface area contributed by atoms with E-state index in [4.69, 9.17) is 14.2 Å². The number of hydrogen-bond donors (Lipinski definition) is 8. The standard InChI is InChI=1S/C38H51N3O11/c1-26-2-3-27(20-33(26)44)8-14-39-36(47)11-17-50-23-30(24-51-18-12-37(48)40-15-9-28-4-6-31(42)34(45)21-28)25-52-19-13-38(49)41-16-10-29-5-7-32(43)35(46)22-29/h2-7,20-22,30,42-46H,8-19,23-25H2,1H3,(H,39,47)(H,40,48)(H,41,49). The number of amides is 3. The molecule has 14 nitrogen and oxygen atoms in total. The van der Waals surface area contributed by atoms with Gasteiger partial charge in [-0.25, -0.2) is 0 Å². The van der Waals surface area contributed by atoms with Gasteiger partial charge in [0.05, 0.1) is 39.6 Å². The van der Waals surface area contributed by atoms with Crippen molar-refractivity contribution in [3.05, 3.63) is 76.9 Å². The van der Waals surface area contributed by atoms with Gasteiger partial charge in [0.15, 0.2) is 23.0 Å². The molecule has 52 heavy (non-hydrogen) atoms. The van der Waals surface area contributed by atoms with Gasteiger partial charge in [-0.2, -0.15) is 0 Å². The summed E-state index contributed by atoms with van der Waals surface area (Å²) in [7, 11) is 0. The van der Waals surface area contributed by atoms with Crippen LogP contribution in [0.25, 0.3) is 0 Å². The summed E-state index contributed by atoms with van der Waals surface area (Å²) in [6.45, 7) is 4.11. The summed E-state index contributed by atoms with van der Waals surface area (Å²) in [5.41, 5.74) is 3.24. The van der Waals surface area contributed by atoms with Crippen LogP contribution in [0, 0.1) is 12.8 Å². The van der Waals surface area contributed by atoms with E-state index in [2.05, 4.69) is 16.0 Å². The van der Waals surface area contributed by atoms with Crippen molar-refractivity contribution >= 4 is 17.7 Å². The second kappa shape index (κ2) is 22.7. The van der Waals surface area contributed by atoms with Crippen LogP contribution < -0.4 is 16.0 Å². The van der Waals surface area contributed by atoms with Crippen LogP contribution in [0.3, 0.4) is 0 Å². The quantitative estimate of drug-likeness (QED) is 0.0496. The first-order valence-electron chi connectivity index (χ1n) is 17.3. The lowest BCUT2D eigenvalue weighted by molar-refractivity contribution is -0.122. The molecule has 0 aromatic heterocycles. The Balaban J connectivity index is 1.34. The van der Waals surface area contributed by atoms with E-state index in [9.17, 15) is 39.9 Å². The highest BCUT2D eigenvalue weighted by atomic mass is 16.5. The molecule has 3 aromatic carbocycles. The summed E-state index contributed by atoms with van der Waals surface area (Å²) in [5, 5.41) is 56.4. The van der Waals surface area contributed by atoms with Crippen LogP contribution in [0.4, 0.5) is 0 Å². The van der Waals surface area contributed by atoms with Crippen molar-refractivity contribution in [1.29, 1.82) is 0 Å². The van der Waals surface area contributed by atoms with Crippen LogP contribution in [-0.4, -0.2) is 103 Å². The van der Waals surface area contributed by atoms with Crippen molar-refractivity contribution in [1.82, 2.24) is 16.0 Å². The minimum absolute atomic E-state index is 0.127. The number of benzene rings is 3. The van der Waals surface area contributed by atoms with Crippen molar-refractivity contribution in [3.63, 3.8) is 0 Å². The third kappa shape index (κ3) is 16.3. The first-order valence-corrected chi connectivity index (χ1v) is 17.3.